The number of ether oxygens (including phenoxy) is 7. The molecule has 0 aliphatic rings. The van der Waals surface area contributed by atoms with Gasteiger partial charge in [-0.25, -0.2) is 4.79 Å². The number of amides is 1. The third-order valence-electron chi connectivity index (χ3n) is 10.7. The van der Waals surface area contributed by atoms with Gasteiger partial charge in [-0.1, -0.05) is 101 Å². The summed E-state index contributed by atoms with van der Waals surface area (Å²) in [5, 5.41) is 0. The minimum atomic E-state index is -1.08. The molecular formula is C49H87NO14. The van der Waals surface area contributed by atoms with E-state index in [9.17, 15) is 33.6 Å². The lowest BCUT2D eigenvalue weighted by Gasteiger charge is -2.30. The summed E-state index contributed by atoms with van der Waals surface area (Å²) in [6, 6.07) is 0. The molecule has 15 heteroatoms. The molecular weight excluding hydrogens is 827 g/mol. The second kappa shape index (κ2) is 28.9. The van der Waals surface area contributed by atoms with Gasteiger partial charge in [-0.3, -0.25) is 28.8 Å². The number of hydrogen-bond donors (Lipinski definition) is 0. The zero-order valence-corrected chi connectivity index (χ0v) is 42.3. The summed E-state index contributed by atoms with van der Waals surface area (Å²) in [6.07, 6.45) is 7.80. The summed E-state index contributed by atoms with van der Waals surface area (Å²) < 4.78 is 38.7. The molecule has 0 rings (SSSR count). The molecule has 0 aliphatic heterocycles. The molecule has 1 amide bonds. The van der Waals surface area contributed by atoms with Crippen LogP contribution in [-0.4, -0.2) is 106 Å². The summed E-state index contributed by atoms with van der Waals surface area (Å²) >= 11 is 0. The second-order valence-corrected chi connectivity index (χ2v) is 21.6. The highest BCUT2D eigenvalue weighted by Crippen LogP contribution is 2.31. The Morgan fingerprint density at radius 2 is 0.750 bits per heavy atom. The fourth-order valence-electron chi connectivity index (χ4n) is 6.53. The van der Waals surface area contributed by atoms with Crippen LogP contribution in [0.15, 0.2) is 0 Å². The fourth-order valence-corrected chi connectivity index (χ4v) is 6.53. The van der Waals surface area contributed by atoms with E-state index in [-0.39, 0.29) is 108 Å². The van der Waals surface area contributed by atoms with Crippen molar-refractivity contribution in [1.29, 1.82) is 0 Å². The van der Waals surface area contributed by atoms with Gasteiger partial charge in [-0.05, 0) is 70.1 Å². The van der Waals surface area contributed by atoms with Gasteiger partial charge in [-0.15, -0.1) is 0 Å². The van der Waals surface area contributed by atoms with Gasteiger partial charge in [0.15, 0.2) is 0 Å². The quantitative estimate of drug-likeness (QED) is 0.0337. The van der Waals surface area contributed by atoms with Crippen LogP contribution in [0, 0.1) is 27.1 Å². The number of hydrogen-bond acceptors (Lipinski definition) is 14. The Kier molecular flexibility index (Phi) is 27.1. The molecule has 0 fully saturated rings. The Morgan fingerprint density at radius 3 is 1.03 bits per heavy atom. The van der Waals surface area contributed by atoms with E-state index in [0.29, 0.717) is 0 Å². The van der Waals surface area contributed by atoms with Gasteiger partial charge in [0.2, 0.25) is 0 Å². The molecule has 0 spiro atoms. The maximum absolute atomic E-state index is 13.3. The third kappa shape index (κ3) is 29.5. The maximum atomic E-state index is 13.3. The van der Waals surface area contributed by atoms with Crippen LogP contribution in [0.5, 0.6) is 0 Å². The highest BCUT2D eigenvalue weighted by Gasteiger charge is 2.35. The zero-order chi connectivity index (χ0) is 49.3. The molecule has 64 heavy (non-hydrogen) atoms. The van der Waals surface area contributed by atoms with Crippen molar-refractivity contribution in [3.05, 3.63) is 0 Å². The zero-order valence-electron chi connectivity index (χ0n) is 42.3. The van der Waals surface area contributed by atoms with Crippen molar-refractivity contribution in [1.82, 2.24) is 4.90 Å². The Balaban J connectivity index is 5.78. The minimum Gasteiger partial charge on any atom is -0.467 e. The van der Waals surface area contributed by atoms with E-state index >= 15 is 0 Å². The summed E-state index contributed by atoms with van der Waals surface area (Å²) in [7, 11) is 0. The first-order valence-electron chi connectivity index (χ1n) is 23.3. The number of esters is 5. The first-order valence-corrected chi connectivity index (χ1v) is 23.3. The van der Waals surface area contributed by atoms with E-state index in [0.717, 1.165) is 57.8 Å². The van der Waals surface area contributed by atoms with Gasteiger partial charge in [0, 0.05) is 13.1 Å². The topological polar surface area (TPSA) is 187 Å². The van der Waals surface area contributed by atoms with Crippen LogP contribution in [-0.2, 0) is 61.9 Å². The molecule has 0 aromatic carbocycles. The monoisotopic (exact) mass is 914 g/mol. The fraction of sp³-hybridized carbons (Fsp3) is 0.857. The van der Waals surface area contributed by atoms with Gasteiger partial charge < -0.3 is 38.1 Å². The summed E-state index contributed by atoms with van der Waals surface area (Å²) in [6.45, 7) is 25.5. The van der Waals surface area contributed by atoms with Crippen molar-refractivity contribution in [2.24, 2.45) is 27.1 Å². The van der Waals surface area contributed by atoms with Crippen LogP contribution >= 0.6 is 0 Å². The van der Waals surface area contributed by atoms with Crippen molar-refractivity contribution in [2.75, 3.05) is 52.7 Å². The predicted octanol–water partition coefficient (Wildman–Crippen LogP) is 9.72. The van der Waals surface area contributed by atoms with E-state index in [2.05, 4.69) is 20.8 Å². The molecule has 0 aliphatic carbocycles. The smallest absolute Gasteiger partial charge is 0.410 e. The average molecular weight is 914 g/mol. The number of carbonyl (C=O) groups is 7. The predicted molar refractivity (Wildman–Crippen MR) is 244 cm³/mol. The Labute approximate surface area is 385 Å². The maximum Gasteiger partial charge on any atom is 0.410 e. The first-order chi connectivity index (χ1) is 29.5. The largest absolute Gasteiger partial charge is 0.467 e. The SMILES string of the molecule is CCCCC(C)(C)CC(=O)OCC(C)(COC=O)COC(=O)CCN(CCC(=O)OCC(C)(COC(=O)CC(C)(C)CCCC)COC(=O)CC(C)(C)CCCC)C(=O)OC(C)(C)C. The molecule has 372 valence electrons. The van der Waals surface area contributed by atoms with Crippen molar-refractivity contribution in [2.45, 2.75) is 192 Å². The van der Waals surface area contributed by atoms with Crippen LogP contribution in [0.2, 0.25) is 0 Å². The van der Waals surface area contributed by atoms with Gasteiger partial charge in [0.05, 0.1) is 42.9 Å². The molecule has 1 unspecified atom stereocenters. The van der Waals surface area contributed by atoms with Gasteiger partial charge in [0.25, 0.3) is 6.47 Å². The highest BCUT2D eigenvalue weighted by molar-refractivity contribution is 5.74. The van der Waals surface area contributed by atoms with Crippen LogP contribution in [0.3, 0.4) is 0 Å². The van der Waals surface area contributed by atoms with Gasteiger partial charge >= 0.3 is 35.9 Å². The van der Waals surface area contributed by atoms with E-state index < -0.39 is 52.4 Å². The van der Waals surface area contributed by atoms with E-state index in [1.807, 2.05) is 41.5 Å². The van der Waals surface area contributed by atoms with Crippen molar-refractivity contribution in [3.63, 3.8) is 0 Å². The molecule has 0 aromatic heterocycles. The lowest BCUT2D eigenvalue weighted by Crippen LogP contribution is -2.40. The molecule has 0 radical (unpaired) electrons. The standard InChI is InChI=1S/C49H87NO14/c1-15-18-23-45(7,8)28-40(54)61-33-48(13,31-58-37-51)32-59-38(52)21-26-50(43(57)64-44(4,5)6)27-22-39(53)60-34-49(14,35-62-41(55)29-46(9,10)24-19-16-2)36-63-42(56)30-47(11,12)25-20-17-3/h37H,15-36H2,1-14H3. The Hall–Kier alpha value is -3.91. The number of unbranched alkanes of at least 4 members (excludes halogenated alkanes) is 3. The summed E-state index contributed by atoms with van der Waals surface area (Å²) in [5.41, 5.74) is -3.79. The average Bonchev–Trinajstić information content (AvgIpc) is 3.18. The molecule has 0 N–H and O–H groups in total. The van der Waals surface area contributed by atoms with Crippen molar-refractivity contribution in [3.8, 4) is 0 Å². The minimum absolute atomic E-state index is 0.165. The van der Waals surface area contributed by atoms with E-state index in [1.54, 1.807) is 34.6 Å². The summed E-state index contributed by atoms with van der Waals surface area (Å²) in [5.74, 6) is -2.60. The summed E-state index contributed by atoms with van der Waals surface area (Å²) in [4.78, 5) is 90.4. The van der Waals surface area contributed by atoms with E-state index in [4.69, 9.17) is 33.2 Å². The molecule has 0 aromatic rings. The molecule has 0 saturated carbocycles. The van der Waals surface area contributed by atoms with Crippen LogP contribution in [0.25, 0.3) is 0 Å². The van der Waals surface area contributed by atoms with Crippen molar-refractivity contribution < 1.29 is 66.7 Å². The highest BCUT2D eigenvalue weighted by atomic mass is 16.6. The lowest BCUT2D eigenvalue weighted by atomic mass is 9.84. The number of nitrogens with zero attached hydrogens (tertiary/aromatic N) is 1. The molecule has 0 saturated heterocycles. The number of rotatable bonds is 34. The lowest BCUT2D eigenvalue weighted by molar-refractivity contribution is -0.163. The first kappa shape index (κ1) is 60.1. The Bertz CT molecular complexity index is 1410. The Morgan fingerprint density at radius 1 is 0.453 bits per heavy atom. The van der Waals surface area contributed by atoms with Gasteiger partial charge in [0.1, 0.15) is 45.2 Å². The molecule has 1 atom stereocenters. The van der Waals surface area contributed by atoms with Crippen LogP contribution in [0.1, 0.15) is 187 Å². The van der Waals surface area contributed by atoms with Crippen LogP contribution < -0.4 is 0 Å². The van der Waals surface area contributed by atoms with E-state index in [1.165, 1.54) is 4.90 Å². The third-order valence-corrected chi connectivity index (χ3v) is 10.7. The molecule has 0 bridgehead atoms. The number of carbonyl (C=O) groups excluding carboxylic acids is 7. The van der Waals surface area contributed by atoms with Gasteiger partial charge in [-0.2, -0.15) is 0 Å². The second-order valence-electron chi connectivity index (χ2n) is 21.6. The van der Waals surface area contributed by atoms with Crippen molar-refractivity contribution >= 4 is 42.4 Å². The van der Waals surface area contributed by atoms with Crippen LogP contribution in [0.4, 0.5) is 4.79 Å². The normalized spacial score (nSPS) is 13.2. The molecule has 0 heterocycles. The molecule has 15 nitrogen and oxygen atoms in total.